The molecule has 1 aromatic rings. The van der Waals surface area contributed by atoms with Crippen LogP contribution in [0.2, 0.25) is 0 Å². The third kappa shape index (κ3) is 2.84. The Hall–Kier alpha value is -0.950. The molecule has 1 saturated heterocycles. The molecule has 0 saturated carbocycles. The second kappa shape index (κ2) is 4.73. The maximum atomic E-state index is 9.83. The molecule has 4 N–H and O–H groups in total. The molecule has 0 atom stereocenters. The smallest absolute Gasteiger partial charge is 0.0815 e. The van der Waals surface area contributed by atoms with Crippen LogP contribution in [0.15, 0.2) is 23.1 Å². The number of ether oxygens (including phenoxy) is 1. The highest BCUT2D eigenvalue weighted by molar-refractivity contribution is 8.23. The van der Waals surface area contributed by atoms with Crippen molar-refractivity contribution in [3.63, 3.8) is 0 Å². The topological polar surface area (TPSA) is 79.0 Å². The maximum absolute atomic E-state index is 9.83. The molecule has 1 aliphatic heterocycles. The molecule has 17 heavy (non-hydrogen) atoms. The molecule has 0 radical (unpaired) electrons. The molecule has 2 rings (SSSR count). The Morgan fingerprint density at radius 2 is 1.94 bits per heavy atom. The zero-order chi connectivity index (χ0) is 12.5. The van der Waals surface area contributed by atoms with E-state index in [9.17, 15) is 9.11 Å². The Bertz CT molecular complexity index is 400. The van der Waals surface area contributed by atoms with E-state index in [4.69, 9.17) is 10.5 Å². The Labute approximate surface area is 103 Å². The SMILES string of the molecule is CS(O)(O)c1ccc(N)cc1N1CCOCC1. The highest BCUT2D eigenvalue weighted by Gasteiger charge is 2.20. The number of rotatable bonds is 2. The average Bonchev–Trinajstić information content (AvgIpc) is 2.28. The van der Waals surface area contributed by atoms with Gasteiger partial charge in [-0.25, -0.2) is 0 Å². The second-order valence-electron chi connectivity index (χ2n) is 4.16. The largest absolute Gasteiger partial charge is 0.399 e. The number of anilines is 2. The summed E-state index contributed by atoms with van der Waals surface area (Å²) in [4.78, 5) is 2.63. The first kappa shape index (κ1) is 12.5. The quantitative estimate of drug-likeness (QED) is 0.705. The standard InChI is InChI=1S/C11H18N2O3S/c1-17(14,15)11-3-2-9(12)8-10(11)13-4-6-16-7-5-13/h2-3,8,14-15H,4-7,12H2,1H3. The Morgan fingerprint density at radius 3 is 2.53 bits per heavy atom. The first-order valence-electron chi connectivity index (χ1n) is 5.44. The summed E-state index contributed by atoms with van der Waals surface area (Å²) in [5.74, 6) is 0. The summed E-state index contributed by atoms with van der Waals surface area (Å²) in [5.41, 5.74) is 7.19. The van der Waals surface area contributed by atoms with E-state index < -0.39 is 10.6 Å². The second-order valence-corrected chi connectivity index (χ2v) is 6.27. The first-order chi connectivity index (χ1) is 7.98. The van der Waals surface area contributed by atoms with Crippen LogP contribution in [-0.2, 0) is 4.74 Å². The highest BCUT2D eigenvalue weighted by Crippen LogP contribution is 2.49. The average molecular weight is 258 g/mol. The summed E-state index contributed by atoms with van der Waals surface area (Å²) in [6.45, 7) is 2.78. The van der Waals surface area contributed by atoms with Crippen LogP contribution in [0.4, 0.5) is 11.4 Å². The Kier molecular flexibility index (Phi) is 3.48. The Balaban J connectivity index is 2.39. The lowest BCUT2D eigenvalue weighted by Gasteiger charge is -2.36. The molecule has 1 aliphatic rings. The van der Waals surface area contributed by atoms with Crippen molar-refractivity contribution in [2.75, 3.05) is 43.2 Å². The van der Waals surface area contributed by atoms with Gasteiger partial charge in [-0.2, -0.15) is 10.6 Å². The number of nitrogens with zero attached hydrogens (tertiary/aromatic N) is 1. The van der Waals surface area contributed by atoms with E-state index in [1.807, 2.05) is 0 Å². The first-order valence-corrected chi connectivity index (χ1v) is 7.39. The summed E-state index contributed by atoms with van der Waals surface area (Å²) in [5, 5.41) is 0. The van der Waals surface area contributed by atoms with Crippen LogP contribution in [0.3, 0.4) is 0 Å². The van der Waals surface area contributed by atoms with Crippen LogP contribution in [0, 0.1) is 0 Å². The summed E-state index contributed by atoms with van der Waals surface area (Å²) < 4.78 is 24.9. The fourth-order valence-electron chi connectivity index (χ4n) is 1.91. The number of benzene rings is 1. The lowest BCUT2D eigenvalue weighted by molar-refractivity contribution is 0.122. The summed E-state index contributed by atoms with van der Waals surface area (Å²) >= 11 is 0. The molecule has 5 nitrogen and oxygen atoms in total. The van der Waals surface area contributed by atoms with Gasteiger partial charge >= 0.3 is 0 Å². The summed E-state index contributed by atoms with van der Waals surface area (Å²) in [6, 6.07) is 5.17. The monoisotopic (exact) mass is 258 g/mol. The van der Waals surface area contributed by atoms with Gasteiger partial charge in [-0.3, -0.25) is 9.11 Å². The van der Waals surface area contributed by atoms with E-state index in [1.165, 1.54) is 6.26 Å². The van der Waals surface area contributed by atoms with Crippen LogP contribution in [-0.4, -0.2) is 41.7 Å². The minimum absolute atomic E-state index is 0.550. The van der Waals surface area contributed by atoms with Crippen LogP contribution in [0.25, 0.3) is 0 Å². The van der Waals surface area contributed by atoms with Gasteiger partial charge in [-0.15, -0.1) is 0 Å². The third-order valence-corrected chi connectivity index (χ3v) is 3.93. The van der Waals surface area contributed by atoms with Gasteiger partial charge in [-0.1, -0.05) is 0 Å². The van der Waals surface area contributed by atoms with Crippen LogP contribution in [0.5, 0.6) is 0 Å². The Morgan fingerprint density at radius 1 is 1.29 bits per heavy atom. The van der Waals surface area contributed by atoms with Crippen LogP contribution >= 0.6 is 10.6 Å². The van der Waals surface area contributed by atoms with Crippen LogP contribution in [0.1, 0.15) is 0 Å². The molecule has 6 heteroatoms. The van der Waals surface area contributed by atoms with Crippen molar-refractivity contribution in [3.8, 4) is 0 Å². The van der Waals surface area contributed by atoms with Crippen molar-refractivity contribution >= 4 is 22.0 Å². The van der Waals surface area contributed by atoms with Gasteiger partial charge in [0.15, 0.2) is 0 Å². The molecule has 0 aliphatic carbocycles. The zero-order valence-corrected chi connectivity index (χ0v) is 10.6. The van der Waals surface area contributed by atoms with Gasteiger partial charge < -0.3 is 15.4 Å². The normalized spacial score (nSPS) is 18.2. The van der Waals surface area contributed by atoms with Gasteiger partial charge in [0.05, 0.1) is 23.8 Å². The number of hydrogen-bond acceptors (Lipinski definition) is 5. The fourth-order valence-corrected chi connectivity index (χ4v) is 2.82. The van der Waals surface area contributed by atoms with E-state index in [2.05, 4.69) is 4.90 Å². The lowest BCUT2D eigenvalue weighted by Crippen LogP contribution is -2.36. The van der Waals surface area contributed by atoms with Gasteiger partial charge in [0.1, 0.15) is 0 Å². The molecule has 1 heterocycles. The van der Waals surface area contributed by atoms with E-state index in [0.717, 1.165) is 18.8 Å². The minimum atomic E-state index is -2.74. The van der Waals surface area contributed by atoms with Crippen molar-refractivity contribution in [3.05, 3.63) is 18.2 Å². The molecule has 0 spiro atoms. The van der Waals surface area contributed by atoms with Crippen molar-refractivity contribution in [1.82, 2.24) is 0 Å². The molecular weight excluding hydrogens is 240 g/mol. The zero-order valence-electron chi connectivity index (χ0n) is 9.80. The number of nitrogen functional groups attached to an aromatic ring is 1. The van der Waals surface area contributed by atoms with Crippen molar-refractivity contribution in [1.29, 1.82) is 0 Å². The van der Waals surface area contributed by atoms with Crippen molar-refractivity contribution < 1.29 is 13.8 Å². The van der Waals surface area contributed by atoms with E-state index in [-0.39, 0.29) is 0 Å². The fraction of sp³-hybridized carbons (Fsp3) is 0.455. The molecule has 0 amide bonds. The van der Waals surface area contributed by atoms with Gasteiger partial charge in [0.25, 0.3) is 0 Å². The van der Waals surface area contributed by atoms with Gasteiger partial charge in [0.2, 0.25) is 0 Å². The maximum Gasteiger partial charge on any atom is 0.0815 e. The van der Waals surface area contributed by atoms with E-state index >= 15 is 0 Å². The highest BCUT2D eigenvalue weighted by atomic mass is 32.3. The molecule has 96 valence electrons. The lowest BCUT2D eigenvalue weighted by atomic mass is 10.2. The van der Waals surface area contributed by atoms with Crippen molar-refractivity contribution in [2.24, 2.45) is 0 Å². The van der Waals surface area contributed by atoms with Crippen molar-refractivity contribution in [2.45, 2.75) is 4.90 Å². The molecule has 1 fully saturated rings. The molecule has 0 aromatic heterocycles. The number of morpholine rings is 1. The predicted octanol–water partition coefficient (Wildman–Crippen LogP) is 1.84. The minimum Gasteiger partial charge on any atom is -0.399 e. The third-order valence-electron chi connectivity index (χ3n) is 2.75. The number of hydrogen-bond donors (Lipinski definition) is 3. The molecule has 0 bridgehead atoms. The van der Waals surface area contributed by atoms with E-state index in [1.54, 1.807) is 18.2 Å². The van der Waals surface area contributed by atoms with Gasteiger partial charge in [-0.05, 0) is 18.2 Å². The molecular formula is C11H18N2O3S. The summed E-state index contributed by atoms with van der Waals surface area (Å²) in [7, 11) is -2.74. The molecule has 1 aromatic carbocycles. The van der Waals surface area contributed by atoms with E-state index in [0.29, 0.717) is 23.8 Å². The van der Waals surface area contributed by atoms with Crippen LogP contribution < -0.4 is 10.6 Å². The number of nitrogens with two attached hydrogens (primary N) is 1. The summed E-state index contributed by atoms with van der Waals surface area (Å²) in [6.07, 6.45) is 1.43. The molecule has 0 unspecified atom stereocenters. The van der Waals surface area contributed by atoms with Gasteiger partial charge in [0, 0.05) is 25.0 Å². The predicted molar refractivity (Wildman–Crippen MR) is 70.9 cm³/mol.